The largest absolute Gasteiger partial charge is 0.365 e. The lowest BCUT2D eigenvalue weighted by Gasteiger charge is -2.36. The number of hydrogen-bond acceptors (Lipinski definition) is 5. The van der Waals surface area contributed by atoms with Gasteiger partial charge in [-0.3, -0.25) is 14.4 Å². The molecule has 0 bridgehead atoms. The van der Waals surface area contributed by atoms with Crippen LogP contribution in [0.2, 0.25) is 0 Å². The van der Waals surface area contributed by atoms with Crippen LogP contribution in [0.25, 0.3) is 10.9 Å². The van der Waals surface area contributed by atoms with E-state index in [2.05, 4.69) is 9.97 Å². The fourth-order valence-electron chi connectivity index (χ4n) is 3.54. The molecular weight excluding hydrogens is 377 g/mol. The van der Waals surface area contributed by atoms with Crippen molar-refractivity contribution in [3.63, 3.8) is 0 Å². The van der Waals surface area contributed by atoms with Gasteiger partial charge in [0.25, 0.3) is 11.8 Å². The van der Waals surface area contributed by atoms with Crippen molar-refractivity contribution in [3.05, 3.63) is 69.9 Å². The van der Waals surface area contributed by atoms with Crippen LogP contribution in [0.5, 0.6) is 0 Å². The van der Waals surface area contributed by atoms with Crippen LogP contribution >= 0.6 is 0 Å². The van der Waals surface area contributed by atoms with Crippen molar-refractivity contribution in [2.75, 3.05) is 31.1 Å². The van der Waals surface area contributed by atoms with Gasteiger partial charge in [0.1, 0.15) is 11.6 Å². The number of carbonyl (C=O) groups excluding carboxylic acids is 2. The predicted octanol–water partition coefficient (Wildman–Crippen LogP) is 1.12. The highest BCUT2D eigenvalue weighted by Gasteiger charge is 2.26. The first-order valence-electron chi connectivity index (χ1n) is 9.05. The number of rotatable bonds is 3. The molecule has 29 heavy (non-hydrogen) atoms. The van der Waals surface area contributed by atoms with Gasteiger partial charge in [-0.25, -0.2) is 9.37 Å². The minimum Gasteiger partial charge on any atom is -0.365 e. The molecule has 0 atom stereocenters. The standard InChI is InChI=1S/C20H18FN5O3/c21-12-3-4-13-15(11-17(27)24-16(13)10-12)20(29)26-8-6-25(7-9-26)19-14(18(22)28)2-1-5-23-19/h1-5,10-11H,6-9H2,(H2,22,28)(H,24,27). The molecule has 0 spiro atoms. The number of amides is 2. The Hall–Kier alpha value is -3.75. The van der Waals surface area contributed by atoms with E-state index in [0.717, 1.165) is 0 Å². The van der Waals surface area contributed by atoms with Gasteiger partial charge >= 0.3 is 0 Å². The lowest BCUT2D eigenvalue weighted by Crippen LogP contribution is -2.49. The number of aromatic amines is 1. The van der Waals surface area contributed by atoms with Crippen LogP contribution in [0.4, 0.5) is 10.2 Å². The number of halogens is 1. The Kier molecular flexibility index (Phi) is 4.71. The number of H-pyrrole nitrogens is 1. The zero-order valence-corrected chi connectivity index (χ0v) is 15.4. The molecule has 0 saturated carbocycles. The highest BCUT2D eigenvalue weighted by molar-refractivity contribution is 6.06. The quantitative estimate of drug-likeness (QED) is 0.690. The number of aromatic nitrogens is 2. The van der Waals surface area contributed by atoms with Crippen LogP contribution in [-0.2, 0) is 0 Å². The molecule has 8 nitrogen and oxygen atoms in total. The summed E-state index contributed by atoms with van der Waals surface area (Å²) < 4.78 is 13.5. The number of piperazine rings is 1. The minimum atomic E-state index is -0.561. The molecule has 0 unspecified atom stereocenters. The van der Waals surface area contributed by atoms with E-state index in [1.165, 1.54) is 24.3 Å². The summed E-state index contributed by atoms with van der Waals surface area (Å²) >= 11 is 0. The first kappa shape index (κ1) is 18.6. The Bertz CT molecular complexity index is 1170. The van der Waals surface area contributed by atoms with E-state index in [4.69, 9.17) is 5.73 Å². The number of nitrogens with zero attached hydrogens (tertiary/aromatic N) is 3. The van der Waals surface area contributed by atoms with Gasteiger partial charge in [0.15, 0.2) is 0 Å². The van der Waals surface area contributed by atoms with E-state index in [1.807, 2.05) is 4.90 Å². The lowest BCUT2D eigenvalue weighted by molar-refractivity contribution is 0.0747. The van der Waals surface area contributed by atoms with Gasteiger partial charge in [-0.15, -0.1) is 0 Å². The number of benzene rings is 1. The summed E-state index contributed by atoms with van der Waals surface area (Å²) in [6, 6.07) is 8.42. The van der Waals surface area contributed by atoms with Crippen LogP contribution in [0.3, 0.4) is 0 Å². The Balaban J connectivity index is 1.57. The molecule has 0 radical (unpaired) electrons. The second-order valence-electron chi connectivity index (χ2n) is 6.76. The number of pyridine rings is 2. The van der Waals surface area contributed by atoms with E-state index in [9.17, 15) is 18.8 Å². The summed E-state index contributed by atoms with van der Waals surface area (Å²) in [5, 5.41) is 0.485. The van der Waals surface area contributed by atoms with Crippen molar-refractivity contribution in [2.24, 2.45) is 5.73 Å². The Morgan fingerprint density at radius 2 is 1.83 bits per heavy atom. The van der Waals surface area contributed by atoms with Crippen molar-refractivity contribution < 1.29 is 14.0 Å². The molecule has 9 heteroatoms. The van der Waals surface area contributed by atoms with Gasteiger partial charge < -0.3 is 20.5 Å². The Morgan fingerprint density at radius 1 is 1.07 bits per heavy atom. The van der Waals surface area contributed by atoms with Gasteiger partial charge in [-0.2, -0.15) is 0 Å². The third kappa shape index (κ3) is 3.54. The number of primary amides is 1. The molecule has 1 aliphatic heterocycles. The third-order valence-corrected chi connectivity index (χ3v) is 4.95. The number of nitrogens with two attached hydrogens (primary N) is 1. The van der Waals surface area contributed by atoms with Crippen molar-refractivity contribution in [3.8, 4) is 0 Å². The molecule has 1 aromatic carbocycles. The molecule has 2 aromatic heterocycles. The Morgan fingerprint density at radius 3 is 2.55 bits per heavy atom. The molecule has 1 aliphatic rings. The fourth-order valence-corrected chi connectivity index (χ4v) is 3.54. The van der Waals surface area contributed by atoms with E-state index < -0.39 is 17.3 Å². The summed E-state index contributed by atoms with van der Waals surface area (Å²) in [6.45, 7) is 1.67. The number of carbonyl (C=O) groups is 2. The lowest BCUT2D eigenvalue weighted by atomic mass is 10.1. The molecule has 4 rings (SSSR count). The van der Waals surface area contributed by atoms with Gasteiger partial charge in [0, 0.05) is 43.8 Å². The van der Waals surface area contributed by atoms with Gasteiger partial charge in [0.2, 0.25) is 5.56 Å². The maximum absolute atomic E-state index is 13.5. The number of hydrogen-bond donors (Lipinski definition) is 2. The highest BCUT2D eigenvalue weighted by atomic mass is 19.1. The maximum Gasteiger partial charge on any atom is 0.254 e. The molecule has 2 amide bonds. The van der Waals surface area contributed by atoms with Crippen LogP contribution in [0, 0.1) is 5.82 Å². The summed E-state index contributed by atoms with van der Waals surface area (Å²) in [6.07, 6.45) is 1.58. The van der Waals surface area contributed by atoms with Gasteiger partial charge in [-0.05, 0) is 30.3 Å². The maximum atomic E-state index is 13.5. The summed E-state index contributed by atoms with van der Waals surface area (Å²) in [4.78, 5) is 46.9. The highest BCUT2D eigenvalue weighted by Crippen LogP contribution is 2.21. The molecule has 0 aliphatic carbocycles. The minimum absolute atomic E-state index is 0.230. The average Bonchev–Trinajstić information content (AvgIpc) is 2.72. The van der Waals surface area contributed by atoms with Gasteiger partial charge in [0.05, 0.1) is 16.6 Å². The summed E-state index contributed by atoms with van der Waals surface area (Å²) in [7, 11) is 0. The molecule has 1 saturated heterocycles. The smallest absolute Gasteiger partial charge is 0.254 e. The monoisotopic (exact) mass is 395 g/mol. The van der Waals surface area contributed by atoms with Crippen LogP contribution in [0.15, 0.2) is 47.4 Å². The van der Waals surface area contributed by atoms with Crippen LogP contribution in [0.1, 0.15) is 20.7 Å². The summed E-state index contributed by atoms with van der Waals surface area (Å²) in [5.41, 5.74) is 5.79. The number of anilines is 1. The molecule has 3 N–H and O–H groups in total. The van der Waals surface area contributed by atoms with Crippen molar-refractivity contribution in [2.45, 2.75) is 0 Å². The first-order chi connectivity index (χ1) is 13.9. The van der Waals surface area contributed by atoms with Crippen molar-refractivity contribution >= 4 is 28.5 Å². The predicted molar refractivity (Wildman–Crippen MR) is 105 cm³/mol. The van der Waals surface area contributed by atoms with E-state index in [0.29, 0.717) is 42.9 Å². The van der Waals surface area contributed by atoms with E-state index in [1.54, 1.807) is 23.2 Å². The van der Waals surface area contributed by atoms with E-state index >= 15 is 0 Å². The normalized spacial score (nSPS) is 14.2. The Labute approximate surface area is 164 Å². The average molecular weight is 395 g/mol. The molecule has 3 aromatic rings. The molecular formula is C20H18FN5O3. The SMILES string of the molecule is NC(=O)c1cccnc1N1CCN(C(=O)c2cc(=O)[nH]c3cc(F)ccc23)CC1. The number of fused-ring (bicyclic) bond motifs is 1. The van der Waals surface area contributed by atoms with Gasteiger partial charge in [-0.1, -0.05) is 0 Å². The zero-order valence-electron chi connectivity index (χ0n) is 15.4. The zero-order chi connectivity index (χ0) is 20.5. The molecule has 1 fully saturated rings. The first-order valence-corrected chi connectivity index (χ1v) is 9.05. The fraction of sp³-hybridized carbons (Fsp3) is 0.200. The van der Waals surface area contributed by atoms with Crippen molar-refractivity contribution in [1.29, 1.82) is 0 Å². The number of nitrogens with one attached hydrogen (secondary N) is 1. The summed E-state index contributed by atoms with van der Waals surface area (Å²) in [5.74, 6) is -0.867. The molecule has 148 valence electrons. The van der Waals surface area contributed by atoms with E-state index in [-0.39, 0.29) is 17.0 Å². The second-order valence-corrected chi connectivity index (χ2v) is 6.76. The molecule has 3 heterocycles. The van der Waals surface area contributed by atoms with Crippen LogP contribution < -0.4 is 16.2 Å². The van der Waals surface area contributed by atoms with Crippen LogP contribution in [-0.4, -0.2) is 52.9 Å². The second kappa shape index (κ2) is 7.34. The topological polar surface area (TPSA) is 112 Å². The third-order valence-electron chi connectivity index (χ3n) is 4.95. The van der Waals surface area contributed by atoms with Crippen molar-refractivity contribution in [1.82, 2.24) is 14.9 Å².